The van der Waals surface area contributed by atoms with Crippen LogP contribution in [0, 0.1) is 10.1 Å². The van der Waals surface area contributed by atoms with Crippen LogP contribution in [0.4, 0.5) is 0 Å². The third kappa shape index (κ3) is 3.64. The molecule has 90 valence electrons. The average molecular weight is 235 g/mol. The topological polar surface area (TPSA) is 61.6 Å². The molecule has 5 nitrogen and oxygen atoms in total. The predicted octanol–water partition coefficient (Wildman–Crippen LogP) is 2.51. The minimum absolute atomic E-state index is 0.305. The molecule has 1 aromatic rings. The quantitative estimate of drug-likeness (QED) is 0.432. The fraction of sp³-hybridized carbons (Fsp3) is 0.167. The van der Waals surface area contributed by atoms with Crippen LogP contribution in [0.3, 0.4) is 0 Å². The summed E-state index contributed by atoms with van der Waals surface area (Å²) in [5, 5.41) is 10.3. The van der Waals surface area contributed by atoms with Gasteiger partial charge in [-0.2, -0.15) is 0 Å². The predicted molar refractivity (Wildman–Crippen MR) is 64.7 cm³/mol. The van der Waals surface area contributed by atoms with E-state index in [0.29, 0.717) is 23.7 Å². The SMILES string of the molecule is C=CCOc1c(/C=C/[N+](=O)[O-])cccc1OC. The summed E-state index contributed by atoms with van der Waals surface area (Å²) in [6.45, 7) is 3.85. The molecule has 0 saturated heterocycles. The number of benzene rings is 1. The van der Waals surface area contributed by atoms with Crippen molar-refractivity contribution in [3.05, 3.63) is 52.7 Å². The largest absolute Gasteiger partial charge is 0.493 e. The highest BCUT2D eigenvalue weighted by Crippen LogP contribution is 2.31. The van der Waals surface area contributed by atoms with E-state index >= 15 is 0 Å². The molecule has 0 unspecified atom stereocenters. The van der Waals surface area contributed by atoms with Crippen molar-refractivity contribution in [2.45, 2.75) is 0 Å². The molecule has 0 amide bonds. The molecular formula is C12H13NO4. The summed E-state index contributed by atoms with van der Waals surface area (Å²) in [5.41, 5.74) is 0.586. The third-order valence-electron chi connectivity index (χ3n) is 1.95. The lowest BCUT2D eigenvalue weighted by molar-refractivity contribution is -0.400. The lowest BCUT2D eigenvalue weighted by Gasteiger charge is -2.11. The van der Waals surface area contributed by atoms with Crippen molar-refractivity contribution in [1.29, 1.82) is 0 Å². The van der Waals surface area contributed by atoms with Gasteiger partial charge in [0.05, 0.1) is 12.0 Å². The van der Waals surface area contributed by atoms with Gasteiger partial charge in [0.2, 0.25) is 6.20 Å². The van der Waals surface area contributed by atoms with E-state index in [1.165, 1.54) is 13.2 Å². The monoisotopic (exact) mass is 235 g/mol. The smallest absolute Gasteiger partial charge is 0.235 e. The number of ether oxygens (including phenoxy) is 2. The van der Waals surface area contributed by atoms with E-state index in [0.717, 1.165) is 6.20 Å². The van der Waals surface area contributed by atoms with Gasteiger partial charge in [0.25, 0.3) is 0 Å². The average Bonchev–Trinajstić information content (AvgIpc) is 2.33. The highest BCUT2D eigenvalue weighted by Gasteiger charge is 2.08. The zero-order valence-corrected chi connectivity index (χ0v) is 9.46. The highest BCUT2D eigenvalue weighted by molar-refractivity contribution is 5.61. The van der Waals surface area contributed by atoms with Gasteiger partial charge >= 0.3 is 0 Å². The number of nitrogens with zero attached hydrogens (tertiary/aromatic N) is 1. The van der Waals surface area contributed by atoms with E-state index in [4.69, 9.17) is 9.47 Å². The van der Waals surface area contributed by atoms with Crippen LogP contribution in [-0.4, -0.2) is 18.6 Å². The van der Waals surface area contributed by atoms with Crippen LogP contribution in [0.2, 0.25) is 0 Å². The molecule has 0 atom stereocenters. The van der Waals surface area contributed by atoms with Gasteiger partial charge in [-0.1, -0.05) is 24.8 Å². The second kappa shape index (κ2) is 6.32. The standard InChI is InChI=1S/C12H13NO4/c1-3-9-17-12-10(7-8-13(14)15)5-4-6-11(12)16-2/h3-8H,1,9H2,2H3/b8-7+. The van der Waals surface area contributed by atoms with Crippen molar-refractivity contribution < 1.29 is 14.4 Å². The zero-order valence-electron chi connectivity index (χ0n) is 9.46. The van der Waals surface area contributed by atoms with Crippen molar-refractivity contribution in [2.75, 3.05) is 13.7 Å². The molecule has 17 heavy (non-hydrogen) atoms. The molecule has 0 N–H and O–H groups in total. The number of methoxy groups -OCH3 is 1. The summed E-state index contributed by atoms with van der Waals surface area (Å²) in [6.07, 6.45) is 3.81. The number of para-hydroxylation sites is 1. The van der Waals surface area contributed by atoms with Crippen LogP contribution in [0.15, 0.2) is 37.1 Å². The van der Waals surface area contributed by atoms with E-state index in [-0.39, 0.29) is 0 Å². The summed E-state index contributed by atoms with van der Waals surface area (Å²) < 4.78 is 10.6. The third-order valence-corrected chi connectivity index (χ3v) is 1.95. The zero-order chi connectivity index (χ0) is 12.7. The molecule has 0 fully saturated rings. The van der Waals surface area contributed by atoms with Crippen LogP contribution in [0.1, 0.15) is 5.56 Å². The van der Waals surface area contributed by atoms with E-state index in [9.17, 15) is 10.1 Å². The van der Waals surface area contributed by atoms with Crippen molar-refractivity contribution >= 4 is 6.08 Å². The van der Waals surface area contributed by atoms with E-state index in [2.05, 4.69) is 6.58 Å². The molecule has 0 heterocycles. The molecule has 0 aromatic heterocycles. The minimum atomic E-state index is -0.531. The number of rotatable bonds is 6. The molecule has 5 heteroatoms. The Morgan fingerprint density at radius 1 is 1.53 bits per heavy atom. The first kappa shape index (κ1) is 12.8. The van der Waals surface area contributed by atoms with Crippen LogP contribution < -0.4 is 9.47 Å². The Labute approximate surface area is 99.1 Å². The van der Waals surface area contributed by atoms with Crippen molar-refractivity contribution in [3.63, 3.8) is 0 Å². The van der Waals surface area contributed by atoms with Crippen LogP contribution in [-0.2, 0) is 0 Å². The maximum atomic E-state index is 10.3. The molecular weight excluding hydrogens is 222 g/mol. The lowest BCUT2D eigenvalue weighted by Crippen LogP contribution is -1.98. The first-order chi connectivity index (χ1) is 8.19. The Morgan fingerprint density at radius 2 is 2.29 bits per heavy atom. The van der Waals surface area contributed by atoms with E-state index in [1.54, 1.807) is 24.3 Å². The van der Waals surface area contributed by atoms with Gasteiger partial charge in [-0.25, -0.2) is 0 Å². The van der Waals surface area contributed by atoms with Gasteiger partial charge in [-0.05, 0) is 6.07 Å². The fourth-order valence-corrected chi connectivity index (χ4v) is 1.26. The molecule has 0 aliphatic carbocycles. The highest BCUT2D eigenvalue weighted by atomic mass is 16.6. The maximum Gasteiger partial charge on any atom is 0.235 e. The molecule has 1 rings (SSSR count). The maximum absolute atomic E-state index is 10.3. The van der Waals surface area contributed by atoms with E-state index in [1.807, 2.05) is 0 Å². The van der Waals surface area contributed by atoms with E-state index < -0.39 is 4.92 Å². The summed E-state index contributed by atoms with van der Waals surface area (Å²) in [5.74, 6) is 0.991. The normalized spacial score (nSPS) is 10.2. The van der Waals surface area contributed by atoms with Crippen LogP contribution >= 0.6 is 0 Å². The molecule has 0 aliphatic rings. The molecule has 0 aliphatic heterocycles. The molecule has 0 radical (unpaired) electrons. The summed E-state index contributed by atoms with van der Waals surface area (Å²) in [4.78, 5) is 9.75. The Kier molecular flexibility index (Phi) is 4.75. The van der Waals surface area contributed by atoms with Gasteiger partial charge < -0.3 is 9.47 Å². The molecule has 0 bridgehead atoms. The van der Waals surface area contributed by atoms with Gasteiger partial charge in [0, 0.05) is 11.6 Å². The Morgan fingerprint density at radius 3 is 2.88 bits per heavy atom. The van der Waals surface area contributed by atoms with Crippen LogP contribution in [0.25, 0.3) is 6.08 Å². The first-order valence-electron chi connectivity index (χ1n) is 4.91. The first-order valence-corrected chi connectivity index (χ1v) is 4.91. The second-order valence-corrected chi connectivity index (χ2v) is 3.08. The van der Waals surface area contributed by atoms with Gasteiger partial charge in [0.1, 0.15) is 6.61 Å². The van der Waals surface area contributed by atoms with Crippen LogP contribution in [0.5, 0.6) is 11.5 Å². The Hall–Kier alpha value is -2.30. The van der Waals surface area contributed by atoms with Gasteiger partial charge in [-0.3, -0.25) is 10.1 Å². The fourth-order valence-electron chi connectivity index (χ4n) is 1.26. The van der Waals surface area contributed by atoms with Crippen molar-refractivity contribution in [1.82, 2.24) is 0 Å². The van der Waals surface area contributed by atoms with Gasteiger partial charge in [0.15, 0.2) is 11.5 Å². The second-order valence-electron chi connectivity index (χ2n) is 3.08. The summed E-state index contributed by atoms with van der Waals surface area (Å²) >= 11 is 0. The van der Waals surface area contributed by atoms with Crippen molar-refractivity contribution in [2.24, 2.45) is 0 Å². The molecule has 1 aromatic carbocycles. The minimum Gasteiger partial charge on any atom is -0.493 e. The number of hydrogen-bond donors (Lipinski definition) is 0. The number of nitro groups is 1. The summed E-state index contributed by atoms with van der Waals surface area (Å²) in [7, 11) is 1.51. The van der Waals surface area contributed by atoms with Crippen molar-refractivity contribution in [3.8, 4) is 11.5 Å². The molecule has 0 saturated carbocycles. The Balaban J connectivity index is 3.09. The Bertz CT molecular complexity index is 440. The van der Waals surface area contributed by atoms with Gasteiger partial charge in [-0.15, -0.1) is 0 Å². The lowest BCUT2D eigenvalue weighted by atomic mass is 10.2. The number of hydrogen-bond acceptors (Lipinski definition) is 4. The molecule has 0 spiro atoms. The summed E-state index contributed by atoms with van der Waals surface area (Å²) in [6, 6.07) is 5.17.